The van der Waals surface area contributed by atoms with Crippen LogP contribution in [0.1, 0.15) is 35.1 Å². The van der Waals surface area contributed by atoms with Crippen molar-refractivity contribution < 1.29 is 43.1 Å². The van der Waals surface area contributed by atoms with Crippen LogP contribution in [0.4, 0.5) is 4.79 Å². The molecule has 0 radical (unpaired) electrons. The van der Waals surface area contributed by atoms with Crippen molar-refractivity contribution in [1.82, 2.24) is 9.80 Å². The van der Waals surface area contributed by atoms with Gasteiger partial charge in [-0.1, -0.05) is 0 Å². The zero-order chi connectivity index (χ0) is 27.8. The van der Waals surface area contributed by atoms with Crippen LogP contribution in [-0.4, -0.2) is 88.8 Å². The van der Waals surface area contributed by atoms with Crippen molar-refractivity contribution in [3.8, 4) is 28.7 Å². The van der Waals surface area contributed by atoms with E-state index in [4.69, 9.17) is 28.4 Å². The predicted octanol–water partition coefficient (Wildman–Crippen LogP) is 3.13. The van der Waals surface area contributed by atoms with Gasteiger partial charge in [0.05, 0.1) is 26.7 Å². The molecule has 11 nitrogen and oxygen atoms in total. The largest absolute Gasteiger partial charge is 0.502 e. The van der Waals surface area contributed by atoms with Crippen LogP contribution in [0.25, 0.3) is 0 Å². The molecule has 2 aromatic rings. The molecule has 2 heterocycles. The van der Waals surface area contributed by atoms with Gasteiger partial charge in [0.25, 0.3) is 0 Å². The van der Waals surface area contributed by atoms with E-state index in [2.05, 4.69) is 4.90 Å². The number of aromatic hydroxyl groups is 1. The number of amides is 1. The molecule has 0 saturated carbocycles. The van der Waals surface area contributed by atoms with E-state index in [9.17, 15) is 14.7 Å². The third-order valence-corrected chi connectivity index (χ3v) is 7.62. The molecule has 1 aliphatic carbocycles. The highest BCUT2D eigenvalue weighted by Gasteiger charge is 2.54. The summed E-state index contributed by atoms with van der Waals surface area (Å²) in [6, 6.07) is 7.02. The average molecular weight is 543 g/mol. The van der Waals surface area contributed by atoms with Gasteiger partial charge in [-0.15, -0.1) is 0 Å². The van der Waals surface area contributed by atoms with E-state index in [1.54, 1.807) is 24.1 Å². The number of hydrogen-bond donors (Lipinski definition) is 1. The maximum Gasteiger partial charge on any atom is 0.410 e. The third-order valence-electron chi connectivity index (χ3n) is 7.62. The second-order valence-electron chi connectivity index (χ2n) is 10.3. The van der Waals surface area contributed by atoms with Crippen molar-refractivity contribution in [2.24, 2.45) is 11.8 Å². The first-order valence-electron chi connectivity index (χ1n) is 12.8. The molecule has 1 saturated heterocycles. The van der Waals surface area contributed by atoms with Gasteiger partial charge >= 0.3 is 12.1 Å². The Labute approximate surface area is 227 Å². The summed E-state index contributed by atoms with van der Waals surface area (Å²) in [7, 11) is 8.56. The molecular weight excluding hydrogens is 508 g/mol. The lowest BCUT2D eigenvalue weighted by atomic mass is 9.66. The molecule has 1 unspecified atom stereocenters. The molecule has 0 bridgehead atoms. The number of phenols is 1. The lowest BCUT2D eigenvalue weighted by Crippen LogP contribution is -2.39. The van der Waals surface area contributed by atoms with Gasteiger partial charge in [0, 0.05) is 31.0 Å². The first-order valence-corrected chi connectivity index (χ1v) is 12.8. The van der Waals surface area contributed by atoms with Crippen LogP contribution >= 0.6 is 0 Å². The Kier molecular flexibility index (Phi) is 7.35. The lowest BCUT2D eigenvalue weighted by Gasteiger charge is -2.39. The number of benzene rings is 2. The fourth-order valence-electron chi connectivity index (χ4n) is 5.67. The summed E-state index contributed by atoms with van der Waals surface area (Å²) in [5, 5.41) is 10.5. The Morgan fingerprint density at radius 2 is 1.62 bits per heavy atom. The first-order chi connectivity index (χ1) is 18.7. The van der Waals surface area contributed by atoms with Crippen LogP contribution in [-0.2, 0) is 14.3 Å². The zero-order valence-electron chi connectivity index (χ0n) is 22.8. The quantitative estimate of drug-likeness (QED) is 0.499. The van der Waals surface area contributed by atoms with E-state index in [0.29, 0.717) is 29.2 Å². The number of carbonyl (C=O) groups excluding carboxylic acids is 2. The minimum atomic E-state index is -0.744. The van der Waals surface area contributed by atoms with E-state index in [0.717, 1.165) is 18.5 Å². The second kappa shape index (κ2) is 10.7. The molecule has 39 heavy (non-hydrogen) atoms. The molecule has 2 aliphatic heterocycles. The molecule has 210 valence electrons. The van der Waals surface area contributed by atoms with Crippen LogP contribution in [0.2, 0.25) is 0 Å². The summed E-state index contributed by atoms with van der Waals surface area (Å²) in [5.74, 6) is -0.644. The Morgan fingerprint density at radius 3 is 2.23 bits per heavy atom. The van der Waals surface area contributed by atoms with Crippen molar-refractivity contribution in [1.29, 1.82) is 0 Å². The monoisotopic (exact) mass is 542 g/mol. The van der Waals surface area contributed by atoms with Gasteiger partial charge in [-0.2, -0.15) is 0 Å². The summed E-state index contributed by atoms with van der Waals surface area (Å²) < 4.78 is 33.8. The van der Waals surface area contributed by atoms with Gasteiger partial charge in [-0.25, -0.2) is 4.79 Å². The van der Waals surface area contributed by atoms with Crippen LogP contribution < -0.4 is 18.9 Å². The van der Waals surface area contributed by atoms with Crippen LogP contribution in [0.3, 0.4) is 0 Å². The zero-order valence-corrected chi connectivity index (χ0v) is 22.8. The van der Waals surface area contributed by atoms with Gasteiger partial charge in [0.2, 0.25) is 12.5 Å². The number of nitrogens with zero attached hydrogens (tertiary/aromatic N) is 2. The molecule has 1 amide bonds. The SMILES string of the molecule is COc1cc([C@@H]2c3cc4c(cc3[C@@H](OC(=O)N(C)CCCN(C)C)C3COC(=O)[C@@H]32)OCO4)cc(OC)c1O. The number of hydrogen-bond acceptors (Lipinski definition) is 10. The highest BCUT2D eigenvalue weighted by molar-refractivity contribution is 5.79. The van der Waals surface area contributed by atoms with Gasteiger partial charge in [-0.05, 0) is 62.5 Å². The number of ether oxygens (including phenoxy) is 6. The minimum Gasteiger partial charge on any atom is -0.502 e. The average Bonchev–Trinajstić information content (AvgIpc) is 3.53. The number of fused-ring (bicyclic) bond motifs is 3. The Hall–Kier alpha value is -3.86. The summed E-state index contributed by atoms with van der Waals surface area (Å²) >= 11 is 0. The summed E-state index contributed by atoms with van der Waals surface area (Å²) in [6.45, 7) is 1.53. The summed E-state index contributed by atoms with van der Waals surface area (Å²) in [4.78, 5) is 30.0. The standard InChI is InChI=1S/C28H34N2O9/c1-29(2)7-6-8-30(3)28(33)39-26-17-12-20-19(37-14-38-20)11-16(17)23(24-18(26)13-36-27(24)32)15-9-21(34-4)25(31)22(10-15)35-5/h9-12,18,23-24,26,31H,6-8,13-14H2,1-5H3/t18?,23-,24+,26-/m1/s1. The summed E-state index contributed by atoms with van der Waals surface area (Å²) in [6.07, 6.45) is -0.433. The van der Waals surface area contributed by atoms with Crippen molar-refractivity contribution in [3.63, 3.8) is 0 Å². The van der Waals surface area contributed by atoms with E-state index >= 15 is 0 Å². The molecule has 2 aromatic carbocycles. The van der Waals surface area contributed by atoms with Crippen molar-refractivity contribution >= 4 is 12.1 Å². The van der Waals surface area contributed by atoms with Gasteiger partial charge in [-0.3, -0.25) is 4.79 Å². The fourth-order valence-corrected chi connectivity index (χ4v) is 5.67. The molecule has 4 atom stereocenters. The van der Waals surface area contributed by atoms with E-state index in [-0.39, 0.29) is 36.6 Å². The number of carbonyl (C=O) groups is 2. The number of cyclic esters (lactones) is 1. The molecule has 3 aliphatic rings. The second-order valence-corrected chi connectivity index (χ2v) is 10.3. The lowest BCUT2D eigenvalue weighted by molar-refractivity contribution is -0.141. The fraction of sp³-hybridized carbons (Fsp3) is 0.500. The van der Waals surface area contributed by atoms with Crippen molar-refractivity contribution in [2.45, 2.75) is 18.4 Å². The van der Waals surface area contributed by atoms with Gasteiger partial charge in [0.15, 0.2) is 23.0 Å². The number of rotatable bonds is 8. The van der Waals surface area contributed by atoms with Crippen molar-refractivity contribution in [2.75, 3.05) is 61.9 Å². The maximum atomic E-state index is 13.2. The summed E-state index contributed by atoms with van der Waals surface area (Å²) in [5.41, 5.74) is 2.13. The van der Waals surface area contributed by atoms with Crippen molar-refractivity contribution in [3.05, 3.63) is 41.0 Å². The molecular formula is C28H34N2O9. The van der Waals surface area contributed by atoms with Gasteiger partial charge < -0.3 is 43.3 Å². The number of esters is 1. The van der Waals surface area contributed by atoms with Crippen LogP contribution in [0.5, 0.6) is 28.7 Å². The highest BCUT2D eigenvalue weighted by atomic mass is 16.7. The molecule has 1 fully saturated rings. The Bertz CT molecular complexity index is 1240. The van der Waals surface area contributed by atoms with Crippen LogP contribution in [0.15, 0.2) is 24.3 Å². The molecule has 0 aromatic heterocycles. The topological polar surface area (TPSA) is 116 Å². The molecule has 0 spiro atoms. The maximum absolute atomic E-state index is 13.2. The predicted molar refractivity (Wildman–Crippen MR) is 139 cm³/mol. The Balaban J connectivity index is 1.58. The van der Waals surface area contributed by atoms with E-state index in [1.807, 2.05) is 26.2 Å². The van der Waals surface area contributed by atoms with Gasteiger partial charge in [0.1, 0.15) is 6.10 Å². The molecule has 5 rings (SSSR count). The normalized spacial score (nSPS) is 22.7. The Morgan fingerprint density at radius 1 is 0.974 bits per heavy atom. The number of methoxy groups -OCH3 is 2. The van der Waals surface area contributed by atoms with Crippen LogP contribution in [0, 0.1) is 11.8 Å². The van der Waals surface area contributed by atoms with E-state index < -0.39 is 30.0 Å². The minimum absolute atomic E-state index is 0.0672. The smallest absolute Gasteiger partial charge is 0.410 e. The van der Waals surface area contributed by atoms with E-state index in [1.165, 1.54) is 14.2 Å². The molecule has 11 heteroatoms. The molecule has 1 N–H and O–H groups in total. The number of phenolic OH excluding ortho intramolecular Hbond substituents is 1. The first kappa shape index (κ1) is 26.7. The highest BCUT2D eigenvalue weighted by Crippen LogP contribution is 2.56. The third kappa shape index (κ3) is 4.87.